The molecule has 0 fully saturated rings. The molecule has 1 aromatic heterocycles. The van der Waals surface area contributed by atoms with E-state index in [1.165, 1.54) is 4.68 Å². The van der Waals surface area contributed by atoms with Gasteiger partial charge in [-0.2, -0.15) is 0 Å². The van der Waals surface area contributed by atoms with Gasteiger partial charge in [-0.15, -0.1) is 35.2 Å². The molecule has 0 saturated heterocycles. The number of ether oxygens (including phenoxy) is 2. The van der Waals surface area contributed by atoms with Gasteiger partial charge in [-0.1, -0.05) is 0 Å². The largest absolute Gasteiger partial charge is 0.497 e. The number of hydrogen-bond acceptors (Lipinski definition) is 6. The predicted molar refractivity (Wildman–Crippen MR) is 73.2 cm³/mol. The summed E-state index contributed by atoms with van der Waals surface area (Å²) in [5.74, 6) is 7.56. The second-order valence-electron chi connectivity index (χ2n) is 3.29. The first-order valence-electron chi connectivity index (χ1n) is 4.78. The van der Waals surface area contributed by atoms with Gasteiger partial charge in [0.15, 0.2) is 5.82 Å². The summed E-state index contributed by atoms with van der Waals surface area (Å²) in [5.41, 5.74) is 0.747. The molecule has 0 aliphatic heterocycles. The van der Waals surface area contributed by atoms with E-state index in [0.29, 0.717) is 22.5 Å². The minimum atomic E-state index is 0. The van der Waals surface area contributed by atoms with Gasteiger partial charge in [0.25, 0.3) is 0 Å². The van der Waals surface area contributed by atoms with E-state index < -0.39 is 0 Å². The first kappa shape index (κ1) is 14.5. The standard InChI is InChI=1S/C10H12N4O2S.ClH/c1-15-7-3-6(4-8(5-7)16-2)9-12-13-10(17)14(9)11;/h3-5H,11H2,1-2H3,(H,13,17);1H. The van der Waals surface area contributed by atoms with E-state index in [1.54, 1.807) is 32.4 Å². The van der Waals surface area contributed by atoms with Gasteiger partial charge in [0, 0.05) is 11.6 Å². The fraction of sp³-hybridized carbons (Fsp3) is 0.200. The predicted octanol–water partition coefficient (Wildman–Crippen LogP) is 1.39. The maximum Gasteiger partial charge on any atom is 0.206 e. The second-order valence-corrected chi connectivity index (χ2v) is 3.69. The lowest BCUT2D eigenvalue weighted by Gasteiger charge is -2.07. The molecule has 0 aliphatic rings. The minimum Gasteiger partial charge on any atom is -0.497 e. The summed E-state index contributed by atoms with van der Waals surface area (Å²) in [6.45, 7) is 0. The highest BCUT2D eigenvalue weighted by Crippen LogP contribution is 2.28. The highest BCUT2D eigenvalue weighted by molar-refractivity contribution is 7.80. The third kappa shape index (κ3) is 2.62. The summed E-state index contributed by atoms with van der Waals surface area (Å²) in [6.07, 6.45) is 0. The Morgan fingerprint density at radius 3 is 2.06 bits per heavy atom. The number of nitrogens with zero attached hydrogens (tertiary/aromatic N) is 3. The van der Waals surface area contributed by atoms with Crippen LogP contribution in [0.4, 0.5) is 0 Å². The van der Waals surface area contributed by atoms with Crippen LogP contribution in [0.5, 0.6) is 11.5 Å². The van der Waals surface area contributed by atoms with Crippen LogP contribution >= 0.6 is 25.0 Å². The molecule has 2 N–H and O–H groups in total. The average molecular weight is 289 g/mol. The van der Waals surface area contributed by atoms with Gasteiger partial charge < -0.3 is 15.3 Å². The third-order valence-corrected chi connectivity index (χ3v) is 2.59. The molecule has 0 radical (unpaired) electrons. The SMILES string of the molecule is COc1cc(OC)cc(-c2nnc(S)n2N)c1.Cl. The van der Waals surface area contributed by atoms with Gasteiger partial charge in [-0.25, -0.2) is 4.68 Å². The summed E-state index contributed by atoms with van der Waals surface area (Å²) in [4.78, 5) is 0. The Morgan fingerprint density at radius 1 is 1.11 bits per heavy atom. The van der Waals surface area contributed by atoms with Crippen LogP contribution in [0.15, 0.2) is 23.4 Å². The van der Waals surface area contributed by atoms with Crippen molar-refractivity contribution >= 4 is 25.0 Å². The number of aromatic nitrogens is 3. The van der Waals surface area contributed by atoms with Crippen molar-refractivity contribution in [2.75, 3.05) is 20.1 Å². The summed E-state index contributed by atoms with van der Waals surface area (Å²) in [5, 5.41) is 8.05. The van der Waals surface area contributed by atoms with Gasteiger partial charge in [0.2, 0.25) is 5.16 Å². The van der Waals surface area contributed by atoms with Crippen molar-refractivity contribution < 1.29 is 9.47 Å². The van der Waals surface area contributed by atoms with Crippen LogP contribution in [-0.2, 0) is 0 Å². The van der Waals surface area contributed by atoms with Crippen molar-refractivity contribution in [3.63, 3.8) is 0 Å². The van der Waals surface area contributed by atoms with Gasteiger partial charge in [-0.3, -0.25) is 0 Å². The van der Waals surface area contributed by atoms with Crippen LogP contribution in [-0.4, -0.2) is 29.1 Å². The fourth-order valence-electron chi connectivity index (χ4n) is 1.42. The Kier molecular flexibility index (Phi) is 4.69. The third-order valence-electron chi connectivity index (χ3n) is 2.29. The number of halogens is 1. The quantitative estimate of drug-likeness (QED) is 0.659. The van der Waals surface area contributed by atoms with E-state index in [4.69, 9.17) is 15.3 Å². The lowest BCUT2D eigenvalue weighted by Crippen LogP contribution is -2.10. The van der Waals surface area contributed by atoms with E-state index in [9.17, 15) is 0 Å². The zero-order valence-electron chi connectivity index (χ0n) is 9.82. The molecule has 0 spiro atoms. The van der Waals surface area contributed by atoms with Crippen LogP contribution < -0.4 is 15.3 Å². The molecule has 8 heteroatoms. The highest BCUT2D eigenvalue weighted by Gasteiger charge is 2.11. The lowest BCUT2D eigenvalue weighted by atomic mass is 10.2. The topological polar surface area (TPSA) is 75.2 Å². The molecule has 2 aromatic rings. The fourth-order valence-corrected chi connectivity index (χ4v) is 1.56. The first-order valence-corrected chi connectivity index (χ1v) is 5.23. The molecule has 6 nitrogen and oxygen atoms in total. The Balaban J connectivity index is 0.00000162. The van der Waals surface area contributed by atoms with E-state index in [-0.39, 0.29) is 12.4 Å². The van der Waals surface area contributed by atoms with Crippen LogP contribution in [0.3, 0.4) is 0 Å². The molecule has 0 unspecified atom stereocenters. The maximum atomic E-state index is 5.75. The molecule has 2 rings (SSSR count). The Bertz CT molecular complexity index is 524. The molecule has 98 valence electrons. The van der Waals surface area contributed by atoms with Crippen molar-refractivity contribution in [2.45, 2.75) is 5.16 Å². The molecular formula is C10H13ClN4O2S. The van der Waals surface area contributed by atoms with E-state index in [1.807, 2.05) is 0 Å². The van der Waals surface area contributed by atoms with Gasteiger partial charge in [0.1, 0.15) is 11.5 Å². The molecule has 0 aliphatic carbocycles. The maximum absolute atomic E-state index is 5.75. The monoisotopic (exact) mass is 288 g/mol. The molecule has 0 saturated carbocycles. The Hall–Kier alpha value is -1.60. The van der Waals surface area contributed by atoms with Crippen molar-refractivity contribution in [3.8, 4) is 22.9 Å². The van der Waals surface area contributed by atoms with Crippen LogP contribution in [0.25, 0.3) is 11.4 Å². The molecule has 0 atom stereocenters. The van der Waals surface area contributed by atoms with Crippen LogP contribution in [0, 0.1) is 0 Å². The highest BCUT2D eigenvalue weighted by atomic mass is 35.5. The number of nitrogens with two attached hydrogens (primary N) is 1. The zero-order valence-corrected chi connectivity index (χ0v) is 11.5. The zero-order chi connectivity index (χ0) is 12.4. The molecule has 0 bridgehead atoms. The van der Waals surface area contributed by atoms with E-state index in [0.717, 1.165) is 5.56 Å². The van der Waals surface area contributed by atoms with Crippen LogP contribution in [0.2, 0.25) is 0 Å². The molecule has 1 heterocycles. The van der Waals surface area contributed by atoms with Crippen molar-refractivity contribution in [2.24, 2.45) is 0 Å². The summed E-state index contributed by atoms with van der Waals surface area (Å²) in [6, 6.07) is 5.36. The number of rotatable bonds is 3. The van der Waals surface area contributed by atoms with Crippen molar-refractivity contribution in [1.29, 1.82) is 0 Å². The molecule has 1 aromatic carbocycles. The van der Waals surface area contributed by atoms with E-state index in [2.05, 4.69) is 22.8 Å². The summed E-state index contributed by atoms with van der Waals surface area (Å²) in [7, 11) is 3.16. The molecular weight excluding hydrogens is 276 g/mol. The first-order chi connectivity index (χ1) is 8.15. The molecule has 18 heavy (non-hydrogen) atoms. The number of thiol groups is 1. The number of benzene rings is 1. The van der Waals surface area contributed by atoms with Gasteiger partial charge >= 0.3 is 0 Å². The average Bonchev–Trinajstić information content (AvgIpc) is 2.69. The number of nitrogen functional groups attached to an aromatic ring is 1. The minimum absolute atomic E-state index is 0. The molecule has 0 amide bonds. The smallest absolute Gasteiger partial charge is 0.206 e. The van der Waals surface area contributed by atoms with Gasteiger partial charge in [-0.05, 0) is 12.1 Å². The Labute approximate surface area is 116 Å². The summed E-state index contributed by atoms with van der Waals surface area (Å²) >= 11 is 4.07. The second kappa shape index (κ2) is 5.83. The summed E-state index contributed by atoms with van der Waals surface area (Å²) < 4.78 is 11.6. The Morgan fingerprint density at radius 2 is 1.67 bits per heavy atom. The lowest BCUT2D eigenvalue weighted by molar-refractivity contribution is 0.394. The van der Waals surface area contributed by atoms with Crippen molar-refractivity contribution in [1.82, 2.24) is 14.9 Å². The van der Waals surface area contributed by atoms with Crippen molar-refractivity contribution in [3.05, 3.63) is 18.2 Å². The normalized spacial score (nSPS) is 9.72. The number of hydrogen-bond donors (Lipinski definition) is 2. The van der Waals surface area contributed by atoms with Gasteiger partial charge in [0.05, 0.1) is 14.2 Å². The van der Waals surface area contributed by atoms with E-state index >= 15 is 0 Å². The number of methoxy groups -OCH3 is 2. The van der Waals surface area contributed by atoms with Crippen LogP contribution in [0.1, 0.15) is 0 Å².